The first-order chi connectivity index (χ1) is 20.8. The van der Waals surface area contributed by atoms with Crippen LogP contribution < -0.4 is 5.32 Å². The van der Waals surface area contributed by atoms with Gasteiger partial charge in [0.2, 0.25) is 5.91 Å². The molecule has 0 spiro atoms. The molecule has 0 unspecified atom stereocenters. The molecule has 2 aromatic carbocycles. The third kappa shape index (κ3) is 6.19. The van der Waals surface area contributed by atoms with E-state index in [2.05, 4.69) is 34.3 Å². The van der Waals surface area contributed by atoms with Crippen LogP contribution in [0.4, 0.5) is 0 Å². The maximum absolute atomic E-state index is 12.6. The van der Waals surface area contributed by atoms with Gasteiger partial charge in [0.15, 0.2) is 5.65 Å². The summed E-state index contributed by atoms with van der Waals surface area (Å²) in [6.07, 6.45) is 7.04. The van der Waals surface area contributed by atoms with Gasteiger partial charge in [0, 0.05) is 82.3 Å². The van der Waals surface area contributed by atoms with Gasteiger partial charge >= 0.3 is 0 Å². The number of carbonyl (C=O) groups is 2. The summed E-state index contributed by atoms with van der Waals surface area (Å²) in [5.41, 5.74) is 10.9. The van der Waals surface area contributed by atoms with E-state index in [4.69, 9.17) is 14.7 Å². The maximum Gasteiger partial charge on any atom is 0.253 e. The molecule has 43 heavy (non-hydrogen) atoms. The Morgan fingerprint density at radius 2 is 1.88 bits per heavy atom. The average Bonchev–Trinajstić information content (AvgIpc) is 3.43. The number of aryl methyl sites for hydroxylation is 2. The summed E-state index contributed by atoms with van der Waals surface area (Å²) in [6, 6.07) is 10.6. The van der Waals surface area contributed by atoms with Gasteiger partial charge in [-0.2, -0.15) is 0 Å². The molecular formula is C34H40N6O3. The molecule has 0 saturated carbocycles. The van der Waals surface area contributed by atoms with Crippen LogP contribution in [0, 0.1) is 13.8 Å². The number of fused-ring (bicyclic) bond motifs is 2. The van der Waals surface area contributed by atoms with E-state index in [1.54, 1.807) is 19.0 Å². The lowest BCUT2D eigenvalue weighted by molar-refractivity contribution is -0.122. The molecule has 6 rings (SSSR count). The molecule has 2 aliphatic rings. The molecular weight excluding hydrogens is 540 g/mol. The number of nitrogens with zero attached hydrogens (tertiary/aromatic N) is 4. The SMILES string of the molecule is Cc1cc(-c2c[nH]c3ncc(-c4cc(C)c5c(c4)CN(CCC(=O)NC4CCOCC4)CC5)nc23)ccc1C(=O)N(C)C. The van der Waals surface area contributed by atoms with Crippen molar-refractivity contribution in [3.8, 4) is 22.4 Å². The highest BCUT2D eigenvalue weighted by Gasteiger charge is 2.22. The summed E-state index contributed by atoms with van der Waals surface area (Å²) in [5.74, 6) is 0.118. The number of aromatic nitrogens is 3. The van der Waals surface area contributed by atoms with Gasteiger partial charge in [0.05, 0.1) is 11.9 Å². The Morgan fingerprint density at radius 3 is 2.65 bits per heavy atom. The fourth-order valence-corrected chi connectivity index (χ4v) is 6.28. The predicted octanol–water partition coefficient (Wildman–Crippen LogP) is 4.65. The number of aromatic amines is 1. The Balaban J connectivity index is 1.21. The van der Waals surface area contributed by atoms with E-state index in [0.717, 1.165) is 91.2 Å². The lowest BCUT2D eigenvalue weighted by Crippen LogP contribution is -2.41. The quantitative estimate of drug-likeness (QED) is 0.330. The molecule has 2 aliphatic heterocycles. The maximum atomic E-state index is 12.6. The van der Waals surface area contributed by atoms with Crippen LogP contribution in [0.15, 0.2) is 42.7 Å². The molecule has 0 aliphatic carbocycles. The van der Waals surface area contributed by atoms with Crippen molar-refractivity contribution in [3.05, 3.63) is 70.5 Å². The number of carbonyl (C=O) groups excluding carboxylic acids is 2. The van der Waals surface area contributed by atoms with E-state index >= 15 is 0 Å². The van der Waals surface area contributed by atoms with Crippen LogP contribution in [-0.4, -0.2) is 83.0 Å². The lowest BCUT2D eigenvalue weighted by Gasteiger charge is -2.30. The minimum Gasteiger partial charge on any atom is -0.381 e. The molecule has 9 heteroatoms. The first-order valence-electron chi connectivity index (χ1n) is 15.2. The van der Waals surface area contributed by atoms with E-state index in [1.165, 1.54) is 16.7 Å². The average molecular weight is 581 g/mol. The van der Waals surface area contributed by atoms with Crippen molar-refractivity contribution in [2.24, 2.45) is 0 Å². The van der Waals surface area contributed by atoms with Crippen LogP contribution in [0.3, 0.4) is 0 Å². The van der Waals surface area contributed by atoms with Gasteiger partial charge < -0.3 is 19.9 Å². The summed E-state index contributed by atoms with van der Waals surface area (Å²) in [7, 11) is 3.53. The highest BCUT2D eigenvalue weighted by atomic mass is 16.5. The Kier molecular flexibility index (Phi) is 8.27. The predicted molar refractivity (Wildman–Crippen MR) is 168 cm³/mol. The third-order valence-electron chi connectivity index (χ3n) is 8.73. The Hall–Kier alpha value is -4.08. The second kappa shape index (κ2) is 12.3. The van der Waals surface area contributed by atoms with Crippen molar-refractivity contribution in [3.63, 3.8) is 0 Å². The molecule has 9 nitrogen and oxygen atoms in total. The van der Waals surface area contributed by atoms with Gasteiger partial charge in [-0.05, 0) is 79.1 Å². The Labute approximate surface area is 252 Å². The molecule has 4 aromatic rings. The smallest absolute Gasteiger partial charge is 0.253 e. The van der Waals surface area contributed by atoms with Crippen molar-refractivity contribution >= 4 is 23.0 Å². The van der Waals surface area contributed by atoms with Crippen molar-refractivity contribution < 1.29 is 14.3 Å². The zero-order chi connectivity index (χ0) is 30.1. The molecule has 224 valence electrons. The second-order valence-electron chi connectivity index (χ2n) is 12.0. The lowest BCUT2D eigenvalue weighted by atomic mass is 9.92. The molecule has 2 aromatic heterocycles. The zero-order valence-corrected chi connectivity index (χ0v) is 25.5. The highest BCUT2D eigenvalue weighted by molar-refractivity contribution is 5.97. The van der Waals surface area contributed by atoms with Crippen molar-refractivity contribution in [1.29, 1.82) is 0 Å². The summed E-state index contributed by atoms with van der Waals surface area (Å²) >= 11 is 0. The standard InChI is InChI=1S/C34H40N6O3/c1-21-16-24(17-25-20-40(11-7-27(21)25)12-8-31(41)37-26-9-13-43-14-10-26)30-19-36-33-32(38-30)29(18-35-33)23-5-6-28(22(2)15-23)34(42)39(3)4/h5-6,15-19,26H,7-14,20H2,1-4H3,(H,35,36)(H,37,41). The summed E-state index contributed by atoms with van der Waals surface area (Å²) < 4.78 is 5.40. The van der Waals surface area contributed by atoms with E-state index in [-0.39, 0.29) is 17.9 Å². The van der Waals surface area contributed by atoms with Gasteiger partial charge in [0.1, 0.15) is 5.52 Å². The summed E-state index contributed by atoms with van der Waals surface area (Å²) in [6.45, 7) is 8.10. The molecule has 2 amide bonds. The topological polar surface area (TPSA) is 103 Å². The summed E-state index contributed by atoms with van der Waals surface area (Å²) in [4.78, 5) is 42.1. The first-order valence-corrected chi connectivity index (χ1v) is 15.2. The van der Waals surface area contributed by atoms with Crippen LogP contribution in [-0.2, 0) is 22.5 Å². The molecule has 0 bridgehead atoms. The number of rotatable bonds is 7. The largest absolute Gasteiger partial charge is 0.381 e. The second-order valence-corrected chi connectivity index (χ2v) is 12.0. The van der Waals surface area contributed by atoms with E-state index in [9.17, 15) is 9.59 Å². The van der Waals surface area contributed by atoms with Gasteiger partial charge in [0.25, 0.3) is 5.91 Å². The van der Waals surface area contributed by atoms with Gasteiger partial charge in [-0.1, -0.05) is 12.1 Å². The number of hydrogen-bond donors (Lipinski definition) is 2. The molecule has 2 N–H and O–H groups in total. The molecule has 1 fully saturated rings. The number of amides is 2. The number of nitrogens with one attached hydrogen (secondary N) is 2. The van der Waals surface area contributed by atoms with E-state index in [0.29, 0.717) is 12.0 Å². The first kappa shape index (κ1) is 29.0. The minimum absolute atomic E-state index is 0.00958. The molecule has 0 atom stereocenters. The fourth-order valence-electron chi connectivity index (χ4n) is 6.28. The number of benzene rings is 2. The van der Waals surface area contributed by atoms with Crippen LogP contribution >= 0.6 is 0 Å². The Bertz CT molecular complexity index is 1670. The van der Waals surface area contributed by atoms with Gasteiger partial charge in [-0.25, -0.2) is 9.97 Å². The van der Waals surface area contributed by atoms with E-state index < -0.39 is 0 Å². The molecule has 4 heterocycles. The van der Waals surface area contributed by atoms with Crippen LogP contribution in [0.5, 0.6) is 0 Å². The van der Waals surface area contributed by atoms with Gasteiger partial charge in [-0.3, -0.25) is 14.5 Å². The molecule has 1 saturated heterocycles. The third-order valence-corrected chi connectivity index (χ3v) is 8.73. The van der Waals surface area contributed by atoms with Crippen molar-refractivity contribution in [2.45, 2.75) is 52.1 Å². The normalized spacial score (nSPS) is 15.8. The summed E-state index contributed by atoms with van der Waals surface area (Å²) in [5, 5.41) is 3.18. The highest BCUT2D eigenvalue weighted by Crippen LogP contribution is 2.32. The Morgan fingerprint density at radius 1 is 1.09 bits per heavy atom. The fraction of sp³-hybridized carbons (Fsp3) is 0.412. The van der Waals surface area contributed by atoms with Crippen LogP contribution in [0.2, 0.25) is 0 Å². The zero-order valence-electron chi connectivity index (χ0n) is 25.5. The monoisotopic (exact) mass is 580 g/mol. The van der Waals surface area contributed by atoms with Crippen molar-refractivity contribution in [2.75, 3.05) is 40.4 Å². The number of hydrogen-bond acceptors (Lipinski definition) is 6. The van der Waals surface area contributed by atoms with Crippen LogP contribution in [0.25, 0.3) is 33.5 Å². The molecule has 0 radical (unpaired) electrons. The number of H-pyrrole nitrogens is 1. The minimum atomic E-state index is -0.00958. The van der Waals surface area contributed by atoms with Gasteiger partial charge in [-0.15, -0.1) is 0 Å². The van der Waals surface area contributed by atoms with Crippen molar-refractivity contribution in [1.82, 2.24) is 30.1 Å². The van der Waals surface area contributed by atoms with E-state index in [1.807, 2.05) is 37.5 Å². The van der Waals surface area contributed by atoms with Crippen LogP contribution in [0.1, 0.15) is 51.9 Å². The number of ether oxygens (including phenoxy) is 1.